The Balaban J connectivity index is 1.80. The van der Waals surface area contributed by atoms with Crippen molar-refractivity contribution in [3.05, 3.63) is 18.0 Å². The molecule has 3 heteroatoms. The predicted molar refractivity (Wildman–Crippen MR) is 61.7 cm³/mol. The van der Waals surface area contributed by atoms with Gasteiger partial charge >= 0.3 is 0 Å². The van der Waals surface area contributed by atoms with Crippen LogP contribution in [0.15, 0.2) is 12.3 Å². The second-order valence-electron chi connectivity index (χ2n) is 4.73. The van der Waals surface area contributed by atoms with Crippen LogP contribution in [0.5, 0.6) is 0 Å². The van der Waals surface area contributed by atoms with Gasteiger partial charge in [0.2, 0.25) is 0 Å². The Labute approximate surface area is 91.9 Å². The van der Waals surface area contributed by atoms with Crippen LogP contribution in [0.1, 0.15) is 31.9 Å². The van der Waals surface area contributed by atoms with Crippen LogP contribution >= 0.6 is 0 Å². The maximum Gasteiger partial charge on any atom is 0.0492 e. The Hall–Kier alpha value is -0.830. The van der Waals surface area contributed by atoms with E-state index in [1.165, 1.54) is 37.9 Å². The lowest BCUT2D eigenvalue weighted by molar-refractivity contribution is 0.426. The average Bonchev–Trinajstić information content (AvgIpc) is 2.90. The van der Waals surface area contributed by atoms with Gasteiger partial charge in [0, 0.05) is 25.5 Å². The van der Waals surface area contributed by atoms with Gasteiger partial charge in [0.15, 0.2) is 0 Å². The van der Waals surface area contributed by atoms with Crippen LogP contribution in [0.4, 0.5) is 0 Å². The van der Waals surface area contributed by atoms with Crippen molar-refractivity contribution in [2.24, 2.45) is 12.5 Å². The molecule has 1 heterocycles. The second kappa shape index (κ2) is 4.35. The summed E-state index contributed by atoms with van der Waals surface area (Å²) in [5.74, 6) is 0. The van der Waals surface area contributed by atoms with E-state index in [0.29, 0.717) is 5.41 Å². The standard InChI is InChI=1S/C12H21N3/c1-3-13-10-12(7-8-12)6-4-11-5-9-14-15(11)2/h5,9,13H,3-4,6-8,10H2,1-2H3. The van der Waals surface area contributed by atoms with E-state index in [1.54, 1.807) is 0 Å². The monoisotopic (exact) mass is 207 g/mol. The zero-order chi connectivity index (χ0) is 10.7. The van der Waals surface area contributed by atoms with Crippen molar-refractivity contribution < 1.29 is 0 Å². The molecule has 0 amide bonds. The van der Waals surface area contributed by atoms with E-state index >= 15 is 0 Å². The summed E-state index contributed by atoms with van der Waals surface area (Å²) in [6.07, 6.45) is 7.16. The van der Waals surface area contributed by atoms with Gasteiger partial charge in [-0.2, -0.15) is 5.10 Å². The summed E-state index contributed by atoms with van der Waals surface area (Å²) in [5.41, 5.74) is 1.97. The topological polar surface area (TPSA) is 29.9 Å². The number of nitrogens with zero attached hydrogens (tertiary/aromatic N) is 2. The van der Waals surface area contributed by atoms with Gasteiger partial charge in [-0.25, -0.2) is 0 Å². The number of hydrogen-bond acceptors (Lipinski definition) is 2. The van der Waals surface area contributed by atoms with Crippen LogP contribution in [0.3, 0.4) is 0 Å². The lowest BCUT2D eigenvalue weighted by Crippen LogP contribution is -2.24. The zero-order valence-corrected chi connectivity index (χ0v) is 9.79. The van der Waals surface area contributed by atoms with E-state index in [1.807, 2.05) is 17.9 Å². The number of nitrogens with one attached hydrogen (secondary N) is 1. The summed E-state index contributed by atoms with van der Waals surface area (Å²) in [5, 5.41) is 7.67. The highest BCUT2D eigenvalue weighted by Crippen LogP contribution is 2.48. The smallest absolute Gasteiger partial charge is 0.0492 e. The molecular formula is C12H21N3. The van der Waals surface area contributed by atoms with Gasteiger partial charge < -0.3 is 5.32 Å². The lowest BCUT2D eigenvalue weighted by Gasteiger charge is -2.15. The first-order valence-corrected chi connectivity index (χ1v) is 5.93. The molecule has 0 bridgehead atoms. The molecule has 0 unspecified atom stereocenters. The maximum absolute atomic E-state index is 4.20. The SMILES string of the molecule is CCNCC1(CCc2ccnn2C)CC1. The Morgan fingerprint density at radius 1 is 1.53 bits per heavy atom. The molecule has 2 rings (SSSR count). The van der Waals surface area contributed by atoms with Crippen LogP contribution in [0, 0.1) is 5.41 Å². The van der Waals surface area contributed by atoms with Crippen LogP contribution in [0.2, 0.25) is 0 Å². The fourth-order valence-electron chi connectivity index (χ4n) is 2.12. The Morgan fingerprint density at radius 3 is 2.87 bits per heavy atom. The molecule has 1 aromatic rings. The minimum atomic E-state index is 0.611. The molecule has 0 atom stereocenters. The van der Waals surface area contributed by atoms with Crippen LogP contribution in [0.25, 0.3) is 0 Å². The van der Waals surface area contributed by atoms with E-state index < -0.39 is 0 Å². The molecule has 15 heavy (non-hydrogen) atoms. The van der Waals surface area contributed by atoms with Gasteiger partial charge in [0.25, 0.3) is 0 Å². The fraction of sp³-hybridized carbons (Fsp3) is 0.750. The number of aromatic nitrogens is 2. The van der Waals surface area contributed by atoms with Gasteiger partial charge in [0.05, 0.1) is 0 Å². The van der Waals surface area contributed by atoms with E-state index in [-0.39, 0.29) is 0 Å². The first kappa shape index (κ1) is 10.7. The third-order valence-electron chi connectivity index (χ3n) is 3.54. The third kappa shape index (κ3) is 2.59. The molecule has 84 valence electrons. The van der Waals surface area contributed by atoms with Crippen LogP contribution < -0.4 is 5.32 Å². The quantitative estimate of drug-likeness (QED) is 0.770. The van der Waals surface area contributed by atoms with E-state index in [0.717, 1.165) is 6.54 Å². The largest absolute Gasteiger partial charge is 0.316 e. The second-order valence-corrected chi connectivity index (χ2v) is 4.73. The molecule has 0 spiro atoms. The zero-order valence-electron chi connectivity index (χ0n) is 9.79. The summed E-state index contributed by atoms with van der Waals surface area (Å²) in [6, 6.07) is 2.13. The highest BCUT2D eigenvalue weighted by Gasteiger charge is 2.41. The minimum absolute atomic E-state index is 0.611. The Bertz CT molecular complexity index is 312. The molecule has 0 radical (unpaired) electrons. The number of hydrogen-bond donors (Lipinski definition) is 1. The van der Waals surface area contributed by atoms with Crippen molar-refractivity contribution in [3.8, 4) is 0 Å². The third-order valence-corrected chi connectivity index (χ3v) is 3.54. The number of rotatable bonds is 6. The Morgan fingerprint density at radius 2 is 2.33 bits per heavy atom. The highest BCUT2D eigenvalue weighted by atomic mass is 15.2. The molecule has 0 aromatic carbocycles. The number of aryl methyl sites for hydroxylation is 2. The molecule has 0 aliphatic heterocycles. The van der Waals surface area contributed by atoms with E-state index in [9.17, 15) is 0 Å². The van der Waals surface area contributed by atoms with Crippen molar-refractivity contribution >= 4 is 0 Å². The molecule has 1 saturated carbocycles. The van der Waals surface area contributed by atoms with Gasteiger partial charge in [-0.3, -0.25) is 4.68 Å². The van der Waals surface area contributed by atoms with Gasteiger partial charge in [-0.05, 0) is 43.7 Å². The van der Waals surface area contributed by atoms with Crippen molar-refractivity contribution in [2.45, 2.75) is 32.6 Å². The van der Waals surface area contributed by atoms with Crippen molar-refractivity contribution in [1.82, 2.24) is 15.1 Å². The molecule has 1 aromatic heterocycles. The summed E-state index contributed by atoms with van der Waals surface area (Å²) >= 11 is 0. The van der Waals surface area contributed by atoms with Gasteiger partial charge in [-0.15, -0.1) is 0 Å². The maximum atomic E-state index is 4.20. The van der Waals surface area contributed by atoms with Crippen molar-refractivity contribution in [3.63, 3.8) is 0 Å². The van der Waals surface area contributed by atoms with E-state index in [4.69, 9.17) is 0 Å². The summed E-state index contributed by atoms with van der Waals surface area (Å²) < 4.78 is 1.99. The summed E-state index contributed by atoms with van der Waals surface area (Å²) in [6.45, 7) is 4.46. The Kier molecular flexibility index (Phi) is 3.10. The van der Waals surface area contributed by atoms with E-state index in [2.05, 4.69) is 23.4 Å². The molecule has 1 aliphatic rings. The molecular weight excluding hydrogens is 186 g/mol. The molecule has 1 fully saturated rings. The predicted octanol–water partition coefficient (Wildman–Crippen LogP) is 1.74. The fourth-order valence-corrected chi connectivity index (χ4v) is 2.12. The average molecular weight is 207 g/mol. The van der Waals surface area contributed by atoms with Crippen molar-refractivity contribution in [2.75, 3.05) is 13.1 Å². The minimum Gasteiger partial charge on any atom is -0.316 e. The molecule has 3 nitrogen and oxygen atoms in total. The van der Waals surface area contributed by atoms with Gasteiger partial charge in [0.1, 0.15) is 0 Å². The van der Waals surface area contributed by atoms with Gasteiger partial charge in [-0.1, -0.05) is 6.92 Å². The first-order valence-electron chi connectivity index (χ1n) is 5.93. The first-order chi connectivity index (χ1) is 7.26. The molecule has 1 N–H and O–H groups in total. The summed E-state index contributed by atoms with van der Waals surface area (Å²) in [4.78, 5) is 0. The highest BCUT2D eigenvalue weighted by molar-refractivity contribution is 5.04. The lowest BCUT2D eigenvalue weighted by atomic mass is 9.99. The molecule has 1 aliphatic carbocycles. The summed E-state index contributed by atoms with van der Waals surface area (Å²) in [7, 11) is 2.03. The van der Waals surface area contributed by atoms with Crippen LogP contribution in [-0.4, -0.2) is 22.9 Å². The normalized spacial score (nSPS) is 18.0. The molecule has 0 saturated heterocycles. The van der Waals surface area contributed by atoms with Crippen LogP contribution in [-0.2, 0) is 13.5 Å². The van der Waals surface area contributed by atoms with Crippen molar-refractivity contribution in [1.29, 1.82) is 0 Å².